The monoisotopic (exact) mass is 460 g/mol. The molecular weight excluding hydrogens is 432 g/mol. The molecule has 3 rings (SSSR count). The fraction of sp³-hybridized carbons (Fsp3) is 0.650. The Bertz CT molecular complexity index is 803. The summed E-state index contributed by atoms with van der Waals surface area (Å²) in [6.07, 6.45) is -10.5. The predicted octanol–water partition coefficient (Wildman–Crippen LogP) is -2.46. The average Bonchev–Trinajstić information content (AvgIpc) is 3.07. The van der Waals surface area contributed by atoms with Crippen molar-refractivity contribution >= 4 is 5.78 Å². The highest BCUT2D eigenvalue weighted by molar-refractivity contribution is 5.97. The van der Waals surface area contributed by atoms with E-state index >= 15 is 0 Å². The Morgan fingerprint density at radius 3 is 2.47 bits per heavy atom. The second-order valence-electron chi connectivity index (χ2n) is 7.77. The van der Waals surface area contributed by atoms with Gasteiger partial charge in [-0.05, 0) is 19.1 Å². The molecular formula is C20H28O12. The number of aliphatic hydroxyl groups is 6. The van der Waals surface area contributed by atoms with Gasteiger partial charge in [-0.3, -0.25) is 4.79 Å². The summed E-state index contributed by atoms with van der Waals surface area (Å²) in [5, 5.41) is 60.1. The van der Waals surface area contributed by atoms with Crippen LogP contribution >= 0.6 is 0 Å². The minimum absolute atomic E-state index is 0.0340. The van der Waals surface area contributed by atoms with Gasteiger partial charge in [0.05, 0.1) is 32.5 Å². The van der Waals surface area contributed by atoms with E-state index in [2.05, 4.69) is 0 Å². The van der Waals surface area contributed by atoms with E-state index in [-0.39, 0.29) is 23.7 Å². The molecule has 8 atom stereocenters. The van der Waals surface area contributed by atoms with Gasteiger partial charge in [0.25, 0.3) is 0 Å². The number of ether oxygens (including phenoxy) is 5. The Morgan fingerprint density at radius 1 is 1.16 bits per heavy atom. The van der Waals surface area contributed by atoms with Crippen LogP contribution in [-0.2, 0) is 14.2 Å². The van der Waals surface area contributed by atoms with E-state index in [1.165, 1.54) is 26.2 Å². The summed E-state index contributed by atoms with van der Waals surface area (Å²) < 4.78 is 26.8. The summed E-state index contributed by atoms with van der Waals surface area (Å²) in [6, 6.07) is 4.43. The van der Waals surface area contributed by atoms with E-state index in [9.17, 15) is 35.4 Å². The minimum atomic E-state index is -1.90. The molecule has 1 aromatic rings. The third kappa shape index (κ3) is 4.88. The second-order valence-corrected chi connectivity index (χ2v) is 7.77. The molecule has 0 spiro atoms. The lowest BCUT2D eigenvalue weighted by atomic mass is 9.99. The van der Waals surface area contributed by atoms with Crippen molar-refractivity contribution in [1.82, 2.24) is 0 Å². The fourth-order valence-electron chi connectivity index (χ4n) is 3.42. The molecule has 2 aliphatic heterocycles. The van der Waals surface area contributed by atoms with Gasteiger partial charge >= 0.3 is 0 Å². The highest BCUT2D eigenvalue weighted by Gasteiger charge is 2.50. The van der Waals surface area contributed by atoms with Gasteiger partial charge in [-0.25, -0.2) is 0 Å². The van der Waals surface area contributed by atoms with Crippen molar-refractivity contribution in [3.8, 4) is 11.5 Å². The van der Waals surface area contributed by atoms with Gasteiger partial charge < -0.3 is 54.3 Å². The molecule has 2 aliphatic rings. The van der Waals surface area contributed by atoms with E-state index in [0.29, 0.717) is 5.75 Å². The first-order chi connectivity index (χ1) is 15.1. The lowest BCUT2D eigenvalue weighted by Gasteiger charge is -2.40. The van der Waals surface area contributed by atoms with Crippen LogP contribution in [0.15, 0.2) is 18.2 Å². The number of carbonyl (C=O) groups excluding carboxylic acids is 1. The number of benzene rings is 1. The zero-order chi connectivity index (χ0) is 23.6. The van der Waals surface area contributed by atoms with E-state index in [1.54, 1.807) is 6.07 Å². The van der Waals surface area contributed by atoms with E-state index < -0.39 is 61.9 Å². The summed E-state index contributed by atoms with van der Waals surface area (Å²) in [7, 11) is 1.42. The quantitative estimate of drug-likeness (QED) is 0.225. The number of hydrogen-bond acceptors (Lipinski definition) is 12. The van der Waals surface area contributed by atoms with Crippen LogP contribution in [0.3, 0.4) is 0 Å². The highest BCUT2D eigenvalue weighted by atomic mass is 16.7. The fourth-order valence-corrected chi connectivity index (χ4v) is 3.42. The SMILES string of the molecule is COc1ccc(C(C)=O)c(O[C@@H]2O[C@H](CO[C@@H]3OC[C@@](O)(CO)[C@@H]3O)[C@@H](O)[C@@H](O)[C@H]2O)c1. The maximum atomic E-state index is 11.9. The average molecular weight is 460 g/mol. The van der Waals surface area contributed by atoms with Crippen molar-refractivity contribution in [2.45, 2.75) is 55.6 Å². The Hall–Kier alpha value is -1.87. The van der Waals surface area contributed by atoms with Gasteiger partial charge in [0.2, 0.25) is 6.29 Å². The van der Waals surface area contributed by atoms with Crippen molar-refractivity contribution < 1.29 is 59.1 Å². The van der Waals surface area contributed by atoms with Crippen LogP contribution in [0.4, 0.5) is 0 Å². The molecule has 2 heterocycles. The first kappa shape index (κ1) is 24.8. The zero-order valence-corrected chi connectivity index (χ0v) is 17.5. The maximum absolute atomic E-state index is 11.9. The first-order valence-electron chi connectivity index (χ1n) is 9.91. The molecule has 180 valence electrons. The summed E-state index contributed by atoms with van der Waals surface area (Å²) in [6.45, 7) is -0.231. The van der Waals surface area contributed by atoms with Gasteiger partial charge in [0.1, 0.15) is 47.6 Å². The summed E-state index contributed by atoms with van der Waals surface area (Å²) in [5.74, 6) is 0.0865. The molecule has 0 bridgehead atoms. The Kier molecular flexibility index (Phi) is 7.70. The Morgan fingerprint density at radius 2 is 1.88 bits per heavy atom. The molecule has 0 unspecified atom stereocenters. The zero-order valence-electron chi connectivity index (χ0n) is 17.5. The first-order valence-corrected chi connectivity index (χ1v) is 9.91. The van der Waals surface area contributed by atoms with Crippen molar-refractivity contribution in [2.24, 2.45) is 0 Å². The lowest BCUT2D eigenvalue weighted by molar-refractivity contribution is -0.289. The number of aliphatic hydroxyl groups excluding tert-OH is 5. The van der Waals surface area contributed by atoms with Crippen LogP contribution in [0.25, 0.3) is 0 Å². The molecule has 2 fully saturated rings. The molecule has 0 aliphatic carbocycles. The van der Waals surface area contributed by atoms with Gasteiger partial charge in [0, 0.05) is 6.07 Å². The molecule has 0 saturated carbocycles. The van der Waals surface area contributed by atoms with Crippen LogP contribution < -0.4 is 9.47 Å². The number of hydrogen-bond donors (Lipinski definition) is 6. The predicted molar refractivity (Wildman–Crippen MR) is 104 cm³/mol. The number of carbonyl (C=O) groups is 1. The number of Topliss-reactive ketones (excluding diaryl/α,β-unsaturated/α-hetero) is 1. The third-order valence-electron chi connectivity index (χ3n) is 5.48. The van der Waals surface area contributed by atoms with Gasteiger partial charge in [-0.2, -0.15) is 0 Å². The molecule has 0 amide bonds. The van der Waals surface area contributed by atoms with Crippen molar-refractivity contribution in [1.29, 1.82) is 0 Å². The summed E-state index contributed by atoms with van der Waals surface area (Å²) in [4.78, 5) is 11.9. The van der Waals surface area contributed by atoms with Crippen LogP contribution in [0.2, 0.25) is 0 Å². The normalized spacial score (nSPS) is 37.3. The van der Waals surface area contributed by atoms with Crippen molar-refractivity contribution in [2.75, 3.05) is 26.9 Å². The van der Waals surface area contributed by atoms with Crippen LogP contribution in [-0.4, -0.2) is 112 Å². The smallest absolute Gasteiger partial charge is 0.229 e. The minimum Gasteiger partial charge on any atom is -0.497 e. The van der Waals surface area contributed by atoms with Gasteiger partial charge in [-0.1, -0.05) is 0 Å². The largest absolute Gasteiger partial charge is 0.497 e. The van der Waals surface area contributed by atoms with Crippen molar-refractivity contribution in [3.63, 3.8) is 0 Å². The summed E-state index contributed by atoms with van der Waals surface area (Å²) in [5.41, 5.74) is -1.71. The lowest BCUT2D eigenvalue weighted by Crippen LogP contribution is -2.60. The standard InChI is InChI=1S/C20H28O12/c1-9(22)11-4-3-10(28-2)5-12(11)31-18-16(25)15(24)14(23)13(32-18)6-29-19-17(26)20(27,7-21)8-30-19/h3-5,13-19,21,23-27H,6-8H2,1-2H3/t13-,14-,15-,16-,17-,18-,19-,20+/m1/s1. The second kappa shape index (κ2) is 9.95. The summed E-state index contributed by atoms with van der Waals surface area (Å²) >= 11 is 0. The Labute approximate surface area is 183 Å². The Balaban J connectivity index is 1.72. The molecule has 12 nitrogen and oxygen atoms in total. The van der Waals surface area contributed by atoms with Crippen LogP contribution in [0.5, 0.6) is 11.5 Å². The molecule has 0 aromatic heterocycles. The maximum Gasteiger partial charge on any atom is 0.229 e. The molecule has 6 N–H and O–H groups in total. The van der Waals surface area contributed by atoms with E-state index in [4.69, 9.17) is 23.7 Å². The van der Waals surface area contributed by atoms with Crippen molar-refractivity contribution in [3.05, 3.63) is 23.8 Å². The third-order valence-corrected chi connectivity index (χ3v) is 5.48. The van der Waals surface area contributed by atoms with E-state index in [1.807, 2.05) is 0 Å². The molecule has 1 aromatic carbocycles. The molecule has 32 heavy (non-hydrogen) atoms. The van der Waals surface area contributed by atoms with Crippen LogP contribution in [0, 0.1) is 0 Å². The van der Waals surface area contributed by atoms with Gasteiger partial charge in [-0.15, -0.1) is 0 Å². The number of rotatable bonds is 8. The topological polar surface area (TPSA) is 185 Å². The van der Waals surface area contributed by atoms with Gasteiger partial charge in [0.15, 0.2) is 12.1 Å². The van der Waals surface area contributed by atoms with E-state index in [0.717, 1.165) is 0 Å². The highest BCUT2D eigenvalue weighted by Crippen LogP contribution is 2.31. The molecule has 2 saturated heterocycles. The number of methoxy groups -OCH3 is 1. The molecule has 12 heteroatoms. The molecule has 0 radical (unpaired) electrons. The number of ketones is 1. The van der Waals surface area contributed by atoms with Crippen LogP contribution in [0.1, 0.15) is 17.3 Å².